The fourth-order valence-corrected chi connectivity index (χ4v) is 7.71. The van der Waals surface area contributed by atoms with E-state index in [4.69, 9.17) is 14.2 Å². The fraction of sp³-hybridized carbons (Fsp3) is 0. The average Bonchev–Trinajstić information content (AvgIpc) is 3.41. The van der Waals surface area contributed by atoms with Gasteiger partial charge in [0.1, 0.15) is 17.2 Å². The van der Waals surface area contributed by atoms with Crippen LogP contribution >= 0.6 is 0 Å². The first kappa shape index (κ1) is 45.6. The number of benzene rings is 9. The van der Waals surface area contributed by atoms with Crippen molar-refractivity contribution < 1.29 is 28.6 Å². The summed E-state index contributed by atoms with van der Waals surface area (Å²) in [5.74, 6) is -0.0597. The van der Waals surface area contributed by atoms with Crippen molar-refractivity contribution in [3.05, 3.63) is 272 Å². The number of ether oxygens (including phenoxy) is 3. The van der Waals surface area contributed by atoms with E-state index in [0.717, 1.165) is 67.1 Å². The van der Waals surface area contributed by atoms with Crippen LogP contribution in [0.25, 0.3) is 51.6 Å². The minimum Gasteiger partial charge on any atom is -0.423 e. The van der Waals surface area contributed by atoms with Gasteiger partial charge in [-0.1, -0.05) is 164 Å². The van der Waals surface area contributed by atoms with Gasteiger partial charge in [-0.25, -0.2) is 14.4 Å². The normalized spacial score (nSPS) is 11.1. The third-order valence-corrected chi connectivity index (χ3v) is 11.2. The first-order chi connectivity index (χ1) is 34.4. The summed E-state index contributed by atoms with van der Waals surface area (Å²) in [6.07, 6.45) is 9.45. The number of hydrogen-bond donors (Lipinski definition) is 0. The van der Waals surface area contributed by atoms with Gasteiger partial charge in [-0.2, -0.15) is 0 Å². The first-order valence-electron chi connectivity index (χ1n) is 22.7. The minimum atomic E-state index is -0.463. The third-order valence-electron chi connectivity index (χ3n) is 11.2. The van der Waals surface area contributed by atoms with Crippen LogP contribution in [0.4, 0.5) is 17.1 Å². The molecule has 0 atom stereocenters. The first-order valence-corrected chi connectivity index (χ1v) is 22.7. The summed E-state index contributed by atoms with van der Waals surface area (Å²) in [6, 6.07) is 75.8. The Labute approximate surface area is 407 Å². The van der Waals surface area contributed by atoms with Crippen LogP contribution in [0, 0.1) is 0 Å². The van der Waals surface area contributed by atoms with Crippen LogP contribution in [0.15, 0.2) is 255 Å². The fourth-order valence-electron chi connectivity index (χ4n) is 7.71. The molecular weight excluding hydrogens is 867 g/mol. The molecule has 338 valence electrons. The lowest BCUT2D eigenvalue weighted by Crippen LogP contribution is -2.09. The molecule has 7 heteroatoms. The summed E-state index contributed by atoms with van der Waals surface area (Å²) in [6.45, 7) is 0. The summed E-state index contributed by atoms with van der Waals surface area (Å²) in [4.78, 5) is 40.3. The molecule has 0 heterocycles. The zero-order chi connectivity index (χ0) is 47.9. The van der Waals surface area contributed by atoms with E-state index < -0.39 is 17.9 Å². The van der Waals surface area contributed by atoms with Crippen molar-refractivity contribution in [3.8, 4) is 50.6 Å². The Morgan fingerprint density at radius 1 is 0.286 bits per heavy atom. The van der Waals surface area contributed by atoms with Crippen LogP contribution in [0.5, 0.6) is 17.2 Å². The standard InChI is InChI=1S/C63H45NO6/c65-61(40-25-46-13-4-1-5-14-46)68-58-22-10-19-52(43-58)49-28-34-55(35-29-49)64(56-36-30-50(31-37-56)53-20-11-23-59(44-53)69-62(66)41-26-47-15-6-2-7-16-47)57-38-32-51(33-39-57)54-21-12-24-60(45-54)70-63(67)42-27-48-17-8-3-9-18-48/h1-45H/b40-25+,41-26+,42-27+. The van der Waals surface area contributed by atoms with Crippen molar-refractivity contribution in [2.45, 2.75) is 0 Å². The van der Waals surface area contributed by atoms with E-state index in [9.17, 15) is 14.4 Å². The maximum Gasteiger partial charge on any atom is 0.336 e. The molecule has 9 rings (SSSR count). The van der Waals surface area contributed by atoms with Crippen molar-refractivity contribution in [1.29, 1.82) is 0 Å². The Morgan fingerprint density at radius 3 is 0.829 bits per heavy atom. The number of nitrogens with zero attached hydrogens (tertiary/aromatic N) is 1. The van der Waals surface area contributed by atoms with Crippen LogP contribution in [0.1, 0.15) is 16.7 Å². The molecule has 0 unspecified atom stereocenters. The molecule has 0 aliphatic heterocycles. The van der Waals surface area contributed by atoms with E-state index in [0.29, 0.717) is 17.2 Å². The van der Waals surface area contributed by atoms with Crippen LogP contribution < -0.4 is 19.1 Å². The molecule has 9 aromatic rings. The summed E-state index contributed by atoms with van der Waals surface area (Å²) in [7, 11) is 0. The molecule has 0 amide bonds. The van der Waals surface area contributed by atoms with E-state index in [1.54, 1.807) is 36.4 Å². The molecule has 0 aliphatic rings. The highest BCUT2D eigenvalue weighted by Gasteiger charge is 2.15. The maximum absolute atomic E-state index is 12.7. The highest BCUT2D eigenvalue weighted by Crippen LogP contribution is 2.38. The smallest absolute Gasteiger partial charge is 0.336 e. The third kappa shape index (κ3) is 12.2. The summed E-state index contributed by atoms with van der Waals surface area (Å²) < 4.78 is 17.0. The van der Waals surface area contributed by atoms with Crippen molar-refractivity contribution in [2.24, 2.45) is 0 Å². The van der Waals surface area contributed by atoms with Gasteiger partial charge in [0.05, 0.1) is 0 Å². The Balaban J connectivity index is 0.961. The number of carbonyl (C=O) groups is 3. The van der Waals surface area contributed by atoms with E-state index in [1.165, 1.54) is 18.2 Å². The molecule has 0 fully saturated rings. The molecular formula is C63H45NO6. The molecule has 70 heavy (non-hydrogen) atoms. The number of hydrogen-bond acceptors (Lipinski definition) is 7. The highest BCUT2D eigenvalue weighted by atomic mass is 16.5. The van der Waals surface area contributed by atoms with E-state index >= 15 is 0 Å². The molecule has 0 saturated heterocycles. The molecule has 0 N–H and O–H groups in total. The molecule has 0 spiro atoms. The molecule has 0 bridgehead atoms. The number of carbonyl (C=O) groups excluding carboxylic acids is 3. The predicted octanol–water partition coefficient (Wildman–Crippen LogP) is 15.0. The SMILES string of the molecule is O=C(/C=C/c1ccccc1)Oc1cccc(-c2ccc(N(c3ccc(-c4cccc(OC(=O)/C=C/c5ccccc5)c4)cc3)c3ccc(-c4cccc(OC(=O)/C=C/c5ccccc5)c4)cc3)cc2)c1. The summed E-state index contributed by atoms with van der Waals surface area (Å²) in [5, 5.41) is 0. The molecule has 9 aromatic carbocycles. The molecule has 7 nitrogen and oxygen atoms in total. The van der Waals surface area contributed by atoms with Crippen molar-refractivity contribution in [1.82, 2.24) is 0 Å². The predicted molar refractivity (Wildman–Crippen MR) is 281 cm³/mol. The zero-order valence-corrected chi connectivity index (χ0v) is 37.9. The van der Waals surface area contributed by atoms with Gasteiger partial charge in [0.15, 0.2) is 0 Å². The largest absolute Gasteiger partial charge is 0.423 e. The van der Waals surface area contributed by atoms with Crippen molar-refractivity contribution in [2.75, 3.05) is 4.90 Å². The van der Waals surface area contributed by atoms with Gasteiger partial charge in [-0.3, -0.25) is 0 Å². The van der Waals surface area contributed by atoms with Gasteiger partial charge < -0.3 is 19.1 Å². The summed E-state index contributed by atoms with van der Waals surface area (Å²) in [5.41, 5.74) is 11.0. The zero-order valence-electron chi connectivity index (χ0n) is 37.9. The van der Waals surface area contributed by atoms with Gasteiger partial charge in [-0.05, 0) is 141 Å². The second-order valence-corrected chi connectivity index (χ2v) is 16.1. The number of rotatable bonds is 15. The Bertz CT molecular complexity index is 2950. The molecule has 0 aliphatic carbocycles. The van der Waals surface area contributed by atoms with Crippen molar-refractivity contribution >= 4 is 53.2 Å². The maximum atomic E-state index is 12.7. The lowest BCUT2D eigenvalue weighted by atomic mass is 10.0. The van der Waals surface area contributed by atoms with Crippen LogP contribution in [0.2, 0.25) is 0 Å². The average molecular weight is 912 g/mol. The topological polar surface area (TPSA) is 82.1 Å². The Kier molecular flexibility index (Phi) is 14.5. The van der Waals surface area contributed by atoms with Gasteiger partial charge in [0, 0.05) is 35.3 Å². The number of anilines is 3. The second-order valence-electron chi connectivity index (χ2n) is 16.1. The Hall–Kier alpha value is -9.59. The van der Waals surface area contributed by atoms with Gasteiger partial charge in [0.2, 0.25) is 0 Å². The quantitative estimate of drug-likeness (QED) is 0.0575. The van der Waals surface area contributed by atoms with E-state index in [2.05, 4.69) is 41.3 Å². The van der Waals surface area contributed by atoms with Crippen LogP contribution in [-0.2, 0) is 14.4 Å². The molecule has 0 radical (unpaired) electrons. The van der Waals surface area contributed by atoms with Gasteiger partial charge in [0.25, 0.3) is 0 Å². The van der Waals surface area contributed by atoms with Crippen molar-refractivity contribution in [3.63, 3.8) is 0 Å². The van der Waals surface area contributed by atoms with E-state index in [1.807, 2.05) is 182 Å². The minimum absolute atomic E-state index is 0.443. The Morgan fingerprint density at radius 2 is 0.557 bits per heavy atom. The molecule has 0 saturated carbocycles. The monoisotopic (exact) mass is 911 g/mol. The number of esters is 3. The second kappa shape index (κ2) is 22.3. The van der Waals surface area contributed by atoms with Gasteiger partial charge in [-0.15, -0.1) is 0 Å². The molecule has 0 aromatic heterocycles. The highest BCUT2D eigenvalue weighted by molar-refractivity contribution is 5.91. The lowest BCUT2D eigenvalue weighted by molar-refractivity contribution is -0.129. The summed E-state index contributed by atoms with van der Waals surface area (Å²) >= 11 is 0. The van der Waals surface area contributed by atoms with Crippen LogP contribution in [-0.4, -0.2) is 17.9 Å². The van der Waals surface area contributed by atoms with E-state index in [-0.39, 0.29) is 0 Å². The van der Waals surface area contributed by atoms with Crippen LogP contribution in [0.3, 0.4) is 0 Å². The van der Waals surface area contributed by atoms with Gasteiger partial charge >= 0.3 is 17.9 Å². The lowest BCUT2D eigenvalue weighted by Gasteiger charge is -2.26.